The maximum atomic E-state index is 3.62. The monoisotopic (exact) mass is 359 g/mol. The number of aryl methyl sites for hydroxylation is 1. The quantitative estimate of drug-likeness (QED) is 0.650. The number of benzene rings is 2. The average molecular weight is 360 g/mol. The highest BCUT2D eigenvalue weighted by atomic mass is 79.9. The van der Waals surface area contributed by atoms with Crippen LogP contribution in [0, 0.1) is 6.92 Å². The summed E-state index contributed by atoms with van der Waals surface area (Å²) in [7, 11) is 2.04. The summed E-state index contributed by atoms with van der Waals surface area (Å²) in [5.41, 5.74) is 2.68. The van der Waals surface area contributed by atoms with Crippen molar-refractivity contribution >= 4 is 38.0 Å². The summed E-state index contributed by atoms with van der Waals surface area (Å²) in [6.45, 7) is 2.15. The number of hydrogen-bond donors (Lipinski definition) is 1. The van der Waals surface area contributed by atoms with E-state index in [-0.39, 0.29) is 0 Å². The van der Waals surface area contributed by atoms with Crippen molar-refractivity contribution in [2.24, 2.45) is 0 Å². The van der Waals surface area contributed by atoms with Gasteiger partial charge in [0.15, 0.2) is 0 Å². The van der Waals surface area contributed by atoms with Crippen LogP contribution in [-0.2, 0) is 6.42 Å². The Hall–Kier alpha value is -1.16. The molecule has 3 aromatic rings. The molecule has 0 radical (unpaired) electrons. The zero-order valence-corrected chi connectivity index (χ0v) is 14.6. The molecule has 1 atom stereocenters. The fourth-order valence-corrected chi connectivity index (χ4v) is 4.28. The Kier molecular flexibility index (Phi) is 4.43. The van der Waals surface area contributed by atoms with Gasteiger partial charge >= 0.3 is 0 Å². The third kappa shape index (κ3) is 3.20. The van der Waals surface area contributed by atoms with E-state index in [2.05, 4.69) is 76.7 Å². The fourth-order valence-electron chi connectivity index (χ4n) is 2.60. The van der Waals surface area contributed by atoms with Crippen LogP contribution in [0.25, 0.3) is 10.8 Å². The molecule has 1 heterocycles. The summed E-state index contributed by atoms with van der Waals surface area (Å²) in [5, 5.41) is 6.06. The standard InChI is InChI=1S/C18H18BrNS/c1-12-9-17(21-18(12)19)16(20-2)11-13-7-8-14-5-3-4-6-15(14)10-13/h3-10,16,20H,11H2,1-2H3. The van der Waals surface area contributed by atoms with Crippen LogP contribution in [0.4, 0.5) is 0 Å². The van der Waals surface area contributed by atoms with Crippen LogP contribution < -0.4 is 5.32 Å². The van der Waals surface area contributed by atoms with E-state index in [1.54, 1.807) is 0 Å². The van der Waals surface area contributed by atoms with Gasteiger partial charge in [0.2, 0.25) is 0 Å². The first-order valence-corrected chi connectivity index (χ1v) is 8.69. The lowest BCUT2D eigenvalue weighted by atomic mass is 10.0. The Balaban J connectivity index is 1.88. The minimum absolute atomic E-state index is 0.362. The highest BCUT2D eigenvalue weighted by Crippen LogP contribution is 2.33. The van der Waals surface area contributed by atoms with E-state index in [9.17, 15) is 0 Å². The fraction of sp³-hybridized carbons (Fsp3) is 0.222. The van der Waals surface area contributed by atoms with E-state index in [4.69, 9.17) is 0 Å². The molecule has 0 aliphatic heterocycles. The van der Waals surface area contributed by atoms with Crippen LogP contribution >= 0.6 is 27.3 Å². The molecule has 0 saturated carbocycles. The Morgan fingerprint density at radius 2 is 1.86 bits per heavy atom. The van der Waals surface area contributed by atoms with Gasteiger partial charge in [-0.05, 0) is 64.3 Å². The van der Waals surface area contributed by atoms with Crippen LogP contribution in [0.1, 0.15) is 22.0 Å². The van der Waals surface area contributed by atoms with E-state index in [0.717, 1.165) is 6.42 Å². The number of halogens is 1. The molecule has 21 heavy (non-hydrogen) atoms. The second-order valence-corrected chi connectivity index (χ2v) is 7.73. The second-order valence-electron chi connectivity index (χ2n) is 5.33. The molecule has 1 aromatic heterocycles. The lowest BCUT2D eigenvalue weighted by Crippen LogP contribution is -2.17. The Morgan fingerprint density at radius 3 is 2.52 bits per heavy atom. The molecule has 3 rings (SSSR count). The molecule has 2 aromatic carbocycles. The molecule has 0 aliphatic carbocycles. The van der Waals surface area contributed by atoms with Gasteiger partial charge in [-0.3, -0.25) is 0 Å². The van der Waals surface area contributed by atoms with Crippen LogP contribution in [0.5, 0.6) is 0 Å². The lowest BCUT2D eigenvalue weighted by molar-refractivity contribution is 0.602. The maximum Gasteiger partial charge on any atom is 0.0731 e. The summed E-state index contributed by atoms with van der Waals surface area (Å²) in [4.78, 5) is 1.38. The second kappa shape index (κ2) is 6.30. The molecule has 1 unspecified atom stereocenters. The number of nitrogens with one attached hydrogen (secondary N) is 1. The molecule has 108 valence electrons. The van der Waals surface area contributed by atoms with Crippen LogP contribution in [0.3, 0.4) is 0 Å². The summed E-state index contributed by atoms with van der Waals surface area (Å²) >= 11 is 5.45. The SMILES string of the molecule is CNC(Cc1ccc2ccccc2c1)c1cc(C)c(Br)s1. The third-order valence-corrected chi connectivity index (χ3v) is 6.07. The maximum absolute atomic E-state index is 3.62. The van der Waals surface area contributed by atoms with Gasteiger partial charge in [0.1, 0.15) is 0 Å². The topological polar surface area (TPSA) is 12.0 Å². The summed E-state index contributed by atoms with van der Waals surface area (Å²) in [6.07, 6.45) is 1.01. The molecule has 1 nitrogen and oxygen atoms in total. The largest absolute Gasteiger partial charge is 0.312 e. The first kappa shape index (κ1) is 14.8. The molecule has 0 bridgehead atoms. The van der Waals surface area contributed by atoms with Gasteiger partial charge in [0.25, 0.3) is 0 Å². The number of thiophene rings is 1. The van der Waals surface area contributed by atoms with E-state index in [1.165, 1.54) is 30.6 Å². The van der Waals surface area contributed by atoms with Crippen molar-refractivity contribution in [2.75, 3.05) is 7.05 Å². The van der Waals surface area contributed by atoms with Crippen LogP contribution in [0.15, 0.2) is 52.3 Å². The Morgan fingerprint density at radius 1 is 1.10 bits per heavy atom. The predicted octanol–water partition coefficient (Wildman–Crippen LogP) is 5.48. The minimum atomic E-state index is 0.362. The van der Waals surface area contributed by atoms with Crippen molar-refractivity contribution in [1.29, 1.82) is 0 Å². The molecule has 0 saturated heterocycles. The summed E-state index contributed by atoms with van der Waals surface area (Å²) in [5.74, 6) is 0. The highest BCUT2D eigenvalue weighted by molar-refractivity contribution is 9.11. The van der Waals surface area contributed by atoms with E-state index in [1.807, 2.05) is 18.4 Å². The van der Waals surface area contributed by atoms with E-state index < -0.39 is 0 Å². The van der Waals surface area contributed by atoms with E-state index >= 15 is 0 Å². The van der Waals surface area contributed by atoms with Gasteiger partial charge in [-0.15, -0.1) is 11.3 Å². The molecular weight excluding hydrogens is 342 g/mol. The summed E-state index contributed by atoms with van der Waals surface area (Å²) in [6, 6.07) is 17.9. The Bertz CT molecular complexity index is 743. The van der Waals surface area contributed by atoms with Crippen molar-refractivity contribution in [2.45, 2.75) is 19.4 Å². The van der Waals surface area contributed by atoms with Gasteiger partial charge in [0, 0.05) is 10.9 Å². The number of hydrogen-bond acceptors (Lipinski definition) is 2. The first-order chi connectivity index (χ1) is 10.2. The smallest absolute Gasteiger partial charge is 0.0731 e. The Labute approximate surface area is 138 Å². The summed E-state index contributed by atoms with van der Waals surface area (Å²) < 4.78 is 1.23. The van der Waals surface area contributed by atoms with Crippen LogP contribution in [-0.4, -0.2) is 7.05 Å². The number of likely N-dealkylation sites (N-methyl/N-ethyl adjacent to an activating group) is 1. The molecule has 1 N–H and O–H groups in total. The van der Waals surface area contributed by atoms with Gasteiger partial charge in [0.05, 0.1) is 3.79 Å². The minimum Gasteiger partial charge on any atom is -0.312 e. The number of rotatable bonds is 4. The first-order valence-electron chi connectivity index (χ1n) is 7.08. The third-order valence-electron chi connectivity index (χ3n) is 3.82. The van der Waals surface area contributed by atoms with E-state index in [0.29, 0.717) is 6.04 Å². The van der Waals surface area contributed by atoms with Crippen molar-refractivity contribution in [3.63, 3.8) is 0 Å². The molecule has 0 spiro atoms. The average Bonchev–Trinajstić information content (AvgIpc) is 2.84. The predicted molar refractivity (Wildman–Crippen MR) is 96.2 cm³/mol. The van der Waals surface area contributed by atoms with Gasteiger partial charge in [-0.2, -0.15) is 0 Å². The van der Waals surface area contributed by atoms with Gasteiger partial charge < -0.3 is 5.32 Å². The molecule has 0 aliphatic rings. The molecule has 0 fully saturated rings. The van der Waals surface area contributed by atoms with Crippen molar-refractivity contribution in [3.8, 4) is 0 Å². The lowest BCUT2D eigenvalue weighted by Gasteiger charge is -2.15. The van der Waals surface area contributed by atoms with Crippen molar-refractivity contribution < 1.29 is 0 Å². The normalized spacial score (nSPS) is 12.7. The van der Waals surface area contributed by atoms with Crippen molar-refractivity contribution in [1.82, 2.24) is 5.32 Å². The highest BCUT2D eigenvalue weighted by Gasteiger charge is 2.14. The molecular formula is C18H18BrNS. The number of fused-ring (bicyclic) bond motifs is 1. The zero-order chi connectivity index (χ0) is 14.8. The van der Waals surface area contributed by atoms with Gasteiger partial charge in [-0.1, -0.05) is 42.5 Å². The molecule has 3 heteroatoms. The van der Waals surface area contributed by atoms with Crippen LogP contribution in [0.2, 0.25) is 0 Å². The van der Waals surface area contributed by atoms with Gasteiger partial charge in [-0.25, -0.2) is 0 Å². The van der Waals surface area contributed by atoms with Crippen molar-refractivity contribution in [3.05, 3.63) is 68.3 Å². The zero-order valence-electron chi connectivity index (χ0n) is 12.2. The molecule has 0 amide bonds.